The second kappa shape index (κ2) is 4.58. The van der Waals surface area contributed by atoms with Gasteiger partial charge in [0.1, 0.15) is 6.61 Å². The van der Waals surface area contributed by atoms with E-state index in [4.69, 9.17) is 0 Å². The van der Waals surface area contributed by atoms with Crippen LogP contribution in [0.25, 0.3) is 0 Å². The average molecular weight is 130 g/mol. The Labute approximate surface area is 52.0 Å². The van der Waals surface area contributed by atoms with Crippen LogP contribution in [0.1, 0.15) is 6.92 Å². The zero-order chi connectivity index (χ0) is 6.41. The number of ether oxygens (including phenoxy) is 1. The van der Waals surface area contributed by atoms with Crippen LogP contribution in [0.5, 0.6) is 0 Å². The highest BCUT2D eigenvalue weighted by molar-refractivity contribution is 6.16. The third-order valence-electron chi connectivity index (χ3n) is 0.619. The molecule has 2 nitrogen and oxygen atoms in total. The SMILES string of the molecule is CC(=O)OCC=C[SiH3]. The lowest BCUT2D eigenvalue weighted by Crippen LogP contribution is -1.97. The summed E-state index contributed by atoms with van der Waals surface area (Å²) in [7, 11) is 1.03. The summed E-state index contributed by atoms with van der Waals surface area (Å²) in [5, 5.41) is 0. The van der Waals surface area contributed by atoms with E-state index >= 15 is 0 Å². The van der Waals surface area contributed by atoms with Crippen LogP contribution in [0.15, 0.2) is 11.8 Å². The fourth-order valence-electron chi connectivity index (χ4n) is 0.262. The quantitative estimate of drug-likeness (QED) is 0.369. The van der Waals surface area contributed by atoms with E-state index in [0.29, 0.717) is 6.61 Å². The highest BCUT2D eigenvalue weighted by atomic mass is 28.1. The molecule has 0 spiro atoms. The average Bonchev–Trinajstić information content (AvgIpc) is 1.66. The zero-order valence-corrected chi connectivity index (χ0v) is 7.18. The predicted octanol–water partition coefficient (Wildman–Crippen LogP) is -0.571. The molecule has 0 saturated carbocycles. The normalized spacial score (nSPS) is 10.1. The van der Waals surface area contributed by atoms with Crippen LogP contribution >= 0.6 is 0 Å². The van der Waals surface area contributed by atoms with E-state index in [1.54, 1.807) is 0 Å². The molecule has 3 heteroatoms. The van der Waals surface area contributed by atoms with Gasteiger partial charge in [0.2, 0.25) is 0 Å². The van der Waals surface area contributed by atoms with Crippen molar-refractivity contribution in [2.24, 2.45) is 0 Å². The van der Waals surface area contributed by atoms with Gasteiger partial charge < -0.3 is 4.74 Å². The van der Waals surface area contributed by atoms with Crippen molar-refractivity contribution in [1.29, 1.82) is 0 Å². The lowest BCUT2D eigenvalue weighted by atomic mass is 10.7. The van der Waals surface area contributed by atoms with E-state index in [9.17, 15) is 4.79 Å². The smallest absolute Gasteiger partial charge is 0.302 e. The van der Waals surface area contributed by atoms with Crippen LogP contribution in [-0.4, -0.2) is 22.8 Å². The van der Waals surface area contributed by atoms with Crippen molar-refractivity contribution in [3.05, 3.63) is 11.8 Å². The largest absolute Gasteiger partial charge is 0.462 e. The van der Waals surface area contributed by atoms with E-state index in [-0.39, 0.29) is 5.97 Å². The van der Waals surface area contributed by atoms with Gasteiger partial charge in [-0.25, -0.2) is 0 Å². The lowest BCUT2D eigenvalue weighted by molar-refractivity contribution is -0.139. The van der Waals surface area contributed by atoms with Gasteiger partial charge in [-0.3, -0.25) is 4.79 Å². The van der Waals surface area contributed by atoms with E-state index in [2.05, 4.69) is 4.74 Å². The molecule has 0 bridgehead atoms. The van der Waals surface area contributed by atoms with E-state index < -0.39 is 0 Å². The standard InChI is InChI=1S/C5H10O2Si/c1-5(6)7-3-2-4-8/h2,4H,3H2,1,8H3. The summed E-state index contributed by atoms with van der Waals surface area (Å²) >= 11 is 0. The van der Waals surface area contributed by atoms with Crippen LogP contribution in [-0.2, 0) is 9.53 Å². The van der Waals surface area contributed by atoms with Crippen molar-refractivity contribution in [1.82, 2.24) is 0 Å². The van der Waals surface area contributed by atoms with Gasteiger partial charge in [-0.05, 0) is 0 Å². The van der Waals surface area contributed by atoms with Crippen molar-refractivity contribution < 1.29 is 9.53 Å². The van der Waals surface area contributed by atoms with Gasteiger partial charge in [0.05, 0.1) is 0 Å². The maximum atomic E-state index is 10.1. The second-order valence-electron chi connectivity index (χ2n) is 1.37. The Balaban J connectivity index is 3.05. The molecule has 0 unspecified atom stereocenters. The third-order valence-corrected chi connectivity index (χ3v) is 1.09. The summed E-state index contributed by atoms with van der Waals surface area (Å²) in [5.41, 5.74) is 1.98. The Bertz CT molecular complexity index is 98.6. The second-order valence-corrected chi connectivity index (χ2v) is 2.04. The first kappa shape index (κ1) is 7.43. The van der Waals surface area contributed by atoms with E-state index in [1.165, 1.54) is 6.92 Å². The maximum absolute atomic E-state index is 10.1. The van der Waals surface area contributed by atoms with Gasteiger partial charge in [0, 0.05) is 17.2 Å². The van der Waals surface area contributed by atoms with Crippen molar-refractivity contribution in [2.45, 2.75) is 6.92 Å². The Morgan fingerprint density at radius 1 is 1.88 bits per heavy atom. The molecule has 0 saturated heterocycles. The Morgan fingerprint density at radius 3 is 2.88 bits per heavy atom. The molecule has 0 aliphatic carbocycles. The molecule has 0 heterocycles. The van der Waals surface area contributed by atoms with E-state index in [1.807, 2.05) is 11.8 Å². The number of carbonyl (C=O) groups excluding carboxylic acids is 1. The number of hydrogen-bond donors (Lipinski definition) is 0. The summed E-state index contributed by atoms with van der Waals surface area (Å²) in [5.74, 6) is -0.218. The molecular weight excluding hydrogens is 120 g/mol. The van der Waals surface area contributed by atoms with Crippen molar-refractivity contribution in [3.63, 3.8) is 0 Å². The van der Waals surface area contributed by atoms with Crippen molar-refractivity contribution >= 4 is 16.2 Å². The lowest BCUT2D eigenvalue weighted by Gasteiger charge is -1.91. The molecule has 0 aliphatic rings. The molecule has 8 heavy (non-hydrogen) atoms. The minimum absolute atomic E-state index is 0.218. The first-order chi connectivity index (χ1) is 3.77. The first-order valence-corrected chi connectivity index (χ1v) is 3.67. The number of esters is 1. The molecule has 0 radical (unpaired) electrons. The summed E-state index contributed by atoms with van der Waals surface area (Å²) in [6, 6.07) is 0. The topological polar surface area (TPSA) is 26.3 Å². The Morgan fingerprint density at radius 2 is 2.50 bits per heavy atom. The minimum Gasteiger partial charge on any atom is -0.462 e. The summed E-state index contributed by atoms with van der Waals surface area (Å²) in [4.78, 5) is 10.1. The fourth-order valence-corrected chi connectivity index (χ4v) is 0.454. The van der Waals surface area contributed by atoms with Crippen LogP contribution < -0.4 is 0 Å². The summed E-state index contributed by atoms with van der Waals surface area (Å²) in [6.45, 7) is 1.83. The van der Waals surface area contributed by atoms with Crippen molar-refractivity contribution in [2.75, 3.05) is 6.61 Å². The molecule has 0 aromatic rings. The van der Waals surface area contributed by atoms with Gasteiger partial charge in [-0.2, -0.15) is 0 Å². The third kappa shape index (κ3) is 5.43. The van der Waals surface area contributed by atoms with Gasteiger partial charge >= 0.3 is 5.97 Å². The Hall–Kier alpha value is -0.573. The molecule has 0 aromatic carbocycles. The number of carbonyl (C=O) groups is 1. The van der Waals surface area contributed by atoms with Gasteiger partial charge in [0.15, 0.2) is 0 Å². The van der Waals surface area contributed by atoms with Crippen LogP contribution in [0, 0.1) is 0 Å². The zero-order valence-electron chi connectivity index (χ0n) is 5.18. The van der Waals surface area contributed by atoms with Crippen molar-refractivity contribution in [3.8, 4) is 0 Å². The molecular formula is C5H10O2Si. The predicted molar refractivity (Wildman–Crippen MR) is 35.7 cm³/mol. The molecule has 0 aliphatic heterocycles. The Kier molecular flexibility index (Phi) is 4.25. The van der Waals surface area contributed by atoms with Gasteiger partial charge in [-0.1, -0.05) is 6.08 Å². The van der Waals surface area contributed by atoms with E-state index in [0.717, 1.165) is 10.2 Å². The molecule has 0 N–H and O–H groups in total. The highest BCUT2D eigenvalue weighted by Crippen LogP contribution is 1.75. The van der Waals surface area contributed by atoms with Crippen LogP contribution in [0.2, 0.25) is 0 Å². The van der Waals surface area contributed by atoms with Crippen LogP contribution in [0.3, 0.4) is 0 Å². The monoisotopic (exact) mass is 130 g/mol. The minimum atomic E-state index is -0.218. The molecule has 0 atom stereocenters. The highest BCUT2D eigenvalue weighted by Gasteiger charge is 1.84. The molecule has 0 rings (SSSR count). The molecule has 0 fully saturated rings. The summed E-state index contributed by atoms with van der Waals surface area (Å²) < 4.78 is 4.58. The van der Waals surface area contributed by atoms with Gasteiger partial charge in [-0.15, -0.1) is 5.70 Å². The van der Waals surface area contributed by atoms with Gasteiger partial charge in [0.25, 0.3) is 0 Å². The molecule has 0 amide bonds. The van der Waals surface area contributed by atoms with Crippen LogP contribution in [0.4, 0.5) is 0 Å². The number of rotatable bonds is 2. The number of hydrogen-bond acceptors (Lipinski definition) is 2. The first-order valence-electron chi connectivity index (χ1n) is 2.52. The molecule has 46 valence electrons. The molecule has 0 aromatic heterocycles. The maximum Gasteiger partial charge on any atom is 0.302 e. The summed E-state index contributed by atoms with van der Waals surface area (Å²) in [6.07, 6.45) is 1.84. The fraction of sp³-hybridized carbons (Fsp3) is 0.400.